The molecular weight excluding hydrogens is 366 g/mol. The van der Waals surface area contributed by atoms with Crippen molar-refractivity contribution in [2.75, 3.05) is 5.12 Å². The number of carboxylic acids is 1. The molecule has 0 amide bonds. The molecule has 1 atom stereocenters. The molecule has 0 heterocycles. The summed E-state index contributed by atoms with van der Waals surface area (Å²) in [5.74, 6) is 5.24. The largest absolute Gasteiger partial charge is 0.478 e. The first-order chi connectivity index (χ1) is 13.0. The highest BCUT2D eigenvalue weighted by Gasteiger charge is 2.24. The lowest BCUT2D eigenvalue weighted by Crippen LogP contribution is -2.27. The van der Waals surface area contributed by atoms with Crippen LogP contribution in [0.15, 0.2) is 65.8 Å². The van der Waals surface area contributed by atoms with Crippen LogP contribution in [0.4, 0.5) is 5.69 Å². The van der Waals surface area contributed by atoms with Gasteiger partial charge in [-0.25, -0.2) is 10.6 Å². The van der Waals surface area contributed by atoms with Crippen molar-refractivity contribution >= 4 is 29.0 Å². The van der Waals surface area contributed by atoms with Crippen molar-refractivity contribution in [2.24, 2.45) is 10.9 Å². The number of rotatable bonds is 8. The van der Waals surface area contributed by atoms with Crippen molar-refractivity contribution < 1.29 is 14.6 Å². The van der Waals surface area contributed by atoms with E-state index in [0.717, 1.165) is 10.8 Å². The molecule has 3 N–H and O–H groups in total. The van der Waals surface area contributed by atoms with E-state index in [1.54, 1.807) is 48.5 Å². The summed E-state index contributed by atoms with van der Waals surface area (Å²) in [6.45, 7) is 3.84. The van der Waals surface area contributed by atoms with Crippen LogP contribution in [-0.4, -0.2) is 16.8 Å². The number of carboxylic acid groups (broad SMARTS) is 1. The average Bonchev–Trinajstić information content (AvgIpc) is 2.66. The van der Waals surface area contributed by atoms with E-state index < -0.39 is 12.1 Å². The van der Waals surface area contributed by atoms with Gasteiger partial charge >= 0.3 is 5.97 Å². The van der Waals surface area contributed by atoms with E-state index in [0.29, 0.717) is 22.7 Å². The molecule has 0 saturated carbocycles. The summed E-state index contributed by atoms with van der Waals surface area (Å²) in [5, 5.41) is 15.5. The molecule has 142 valence electrons. The van der Waals surface area contributed by atoms with Gasteiger partial charge in [0.1, 0.15) is 11.4 Å². The normalized spacial score (nSPS) is 12.8. The summed E-state index contributed by atoms with van der Waals surface area (Å²) < 4.78 is 5.78. The van der Waals surface area contributed by atoms with Gasteiger partial charge in [0.25, 0.3) is 0 Å². The van der Waals surface area contributed by atoms with E-state index in [-0.39, 0.29) is 5.75 Å². The third kappa shape index (κ3) is 5.57. The maximum atomic E-state index is 11.7. The highest BCUT2D eigenvalue weighted by atomic mass is 35.5. The minimum absolute atomic E-state index is 0.262. The smallest absolute Gasteiger partial charge is 0.349 e. The number of anilines is 1. The Hall–Kier alpha value is -2.83. The Bertz CT molecular complexity index is 838. The van der Waals surface area contributed by atoms with Crippen LogP contribution >= 0.6 is 11.6 Å². The number of ether oxygens (including phenoxy) is 1. The number of benzene rings is 2. The molecule has 0 bridgehead atoms. The Balaban J connectivity index is 2.41. The van der Waals surface area contributed by atoms with Crippen LogP contribution in [-0.2, 0) is 4.79 Å². The van der Waals surface area contributed by atoms with Gasteiger partial charge in [0.2, 0.25) is 6.10 Å². The molecule has 0 fully saturated rings. The molecule has 0 spiro atoms. The van der Waals surface area contributed by atoms with Gasteiger partial charge < -0.3 is 9.84 Å². The number of allylic oxidation sites excluding steroid dienone is 2. The van der Waals surface area contributed by atoms with E-state index in [2.05, 4.69) is 5.10 Å². The number of hydrazine groups is 1. The molecule has 0 aliphatic carbocycles. The van der Waals surface area contributed by atoms with Gasteiger partial charge in [-0.05, 0) is 37.6 Å². The number of nitrogens with two attached hydrogens (primary N) is 1. The summed E-state index contributed by atoms with van der Waals surface area (Å²) in [6.07, 6.45) is 3.19. The maximum absolute atomic E-state index is 11.7. The fraction of sp³-hybridized carbons (Fsp3) is 0.200. The summed E-state index contributed by atoms with van der Waals surface area (Å²) in [4.78, 5) is 11.7. The van der Waals surface area contributed by atoms with E-state index in [4.69, 9.17) is 22.2 Å². The van der Waals surface area contributed by atoms with Crippen LogP contribution in [0.1, 0.15) is 31.9 Å². The minimum Gasteiger partial charge on any atom is -0.478 e. The average molecular weight is 388 g/mol. The highest BCUT2D eigenvalue weighted by Crippen LogP contribution is 2.34. The third-order valence-corrected chi connectivity index (χ3v) is 3.93. The monoisotopic (exact) mass is 387 g/mol. The van der Waals surface area contributed by atoms with Crippen molar-refractivity contribution in [3.05, 3.63) is 71.3 Å². The van der Waals surface area contributed by atoms with Gasteiger partial charge in [-0.1, -0.05) is 54.9 Å². The number of halogens is 1. The Kier molecular flexibility index (Phi) is 7.40. The highest BCUT2D eigenvalue weighted by molar-refractivity contribution is 6.31. The Morgan fingerprint density at radius 1 is 1.33 bits per heavy atom. The van der Waals surface area contributed by atoms with E-state index in [9.17, 15) is 9.90 Å². The van der Waals surface area contributed by atoms with Gasteiger partial charge in [0.15, 0.2) is 0 Å². The first kappa shape index (κ1) is 20.5. The van der Waals surface area contributed by atoms with Crippen LogP contribution in [0.5, 0.6) is 5.75 Å². The molecule has 7 heteroatoms. The van der Waals surface area contributed by atoms with Crippen LogP contribution in [0.25, 0.3) is 0 Å². The molecule has 6 nitrogen and oxygen atoms in total. The lowest BCUT2D eigenvalue weighted by atomic mass is 10.1. The molecule has 0 aliphatic rings. The summed E-state index contributed by atoms with van der Waals surface area (Å²) in [7, 11) is 0. The second kappa shape index (κ2) is 9.75. The van der Waals surface area contributed by atoms with Gasteiger partial charge in [-0.2, -0.15) is 10.2 Å². The van der Waals surface area contributed by atoms with E-state index >= 15 is 0 Å². The predicted molar refractivity (Wildman–Crippen MR) is 108 cm³/mol. The second-order valence-corrected chi connectivity index (χ2v) is 6.08. The number of carbonyl (C=O) groups is 1. The molecule has 0 unspecified atom stereocenters. The molecular formula is C20H22ClN3O3. The number of hydrogen-bond donors (Lipinski definition) is 2. The summed E-state index contributed by atoms with van der Waals surface area (Å²) in [6, 6.07) is 13.4. The fourth-order valence-electron chi connectivity index (χ4n) is 2.39. The Labute approximate surface area is 163 Å². The molecule has 2 aromatic rings. The summed E-state index contributed by atoms with van der Waals surface area (Å²) >= 11 is 6.09. The van der Waals surface area contributed by atoms with Gasteiger partial charge in [-0.3, -0.25) is 0 Å². The Morgan fingerprint density at radius 2 is 2.04 bits per heavy atom. The van der Waals surface area contributed by atoms with Crippen LogP contribution < -0.4 is 15.7 Å². The molecule has 0 aliphatic heterocycles. The first-order valence-electron chi connectivity index (χ1n) is 8.45. The van der Waals surface area contributed by atoms with Crippen molar-refractivity contribution in [2.45, 2.75) is 26.4 Å². The number of nitrogens with zero attached hydrogens (tertiary/aromatic N) is 2. The first-order valence-corrected chi connectivity index (χ1v) is 8.83. The maximum Gasteiger partial charge on any atom is 0.349 e. The fourth-order valence-corrected chi connectivity index (χ4v) is 2.56. The van der Waals surface area contributed by atoms with E-state index in [1.165, 1.54) is 0 Å². The number of aliphatic carboxylic acids is 1. The quantitative estimate of drug-likeness (QED) is 0.393. The third-order valence-electron chi connectivity index (χ3n) is 3.70. The lowest BCUT2D eigenvalue weighted by molar-refractivity contribution is -0.145. The van der Waals surface area contributed by atoms with Crippen LogP contribution in [0.3, 0.4) is 0 Å². The predicted octanol–water partition coefficient (Wildman–Crippen LogP) is 4.57. The zero-order chi connectivity index (χ0) is 19.8. The zero-order valence-corrected chi connectivity index (χ0v) is 15.9. The Morgan fingerprint density at radius 3 is 2.63 bits per heavy atom. The van der Waals surface area contributed by atoms with E-state index in [1.807, 2.05) is 26.0 Å². The van der Waals surface area contributed by atoms with Crippen LogP contribution in [0.2, 0.25) is 5.02 Å². The van der Waals surface area contributed by atoms with Crippen molar-refractivity contribution in [3.8, 4) is 5.75 Å². The zero-order valence-electron chi connectivity index (χ0n) is 15.2. The minimum atomic E-state index is -1.19. The molecule has 0 aromatic heterocycles. The standard InChI is InChI=1S/C20H22ClN3O3/c1-3-8-16(4-2)23-24(22)17-13-15(21)11-12-18(17)27-19(20(25)26)14-9-6-5-7-10-14/h3,5-13,19H,4,22H2,1-2H3,(H,25,26)/b8-3-,23-16+/t19-/m1/s1. The van der Waals surface area contributed by atoms with Gasteiger partial charge in [-0.15, -0.1) is 0 Å². The SMILES string of the molecule is C/C=C\C(CC)=N\N(N)c1cc(Cl)ccc1O[C@@H](C(=O)O)c1ccccc1. The molecule has 27 heavy (non-hydrogen) atoms. The second-order valence-electron chi connectivity index (χ2n) is 5.65. The lowest BCUT2D eigenvalue weighted by Gasteiger charge is -2.21. The van der Waals surface area contributed by atoms with Crippen molar-refractivity contribution in [3.63, 3.8) is 0 Å². The summed E-state index contributed by atoms with van der Waals surface area (Å²) in [5.41, 5.74) is 1.63. The molecule has 2 aromatic carbocycles. The molecule has 0 saturated heterocycles. The molecule has 0 radical (unpaired) electrons. The van der Waals surface area contributed by atoms with Gasteiger partial charge in [0.05, 0.1) is 5.71 Å². The van der Waals surface area contributed by atoms with Crippen molar-refractivity contribution in [1.29, 1.82) is 0 Å². The van der Waals surface area contributed by atoms with Crippen LogP contribution in [0, 0.1) is 0 Å². The molecule has 2 rings (SSSR count). The number of hydrogen-bond acceptors (Lipinski definition) is 5. The number of hydrazone groups is 1. The van der Waals surface area contributed by atoms with Gasteiger partial charge in [0, 0.05) is 10.6 Å². The topological polar surface area (TPSA) is 88.1 Å². The van der Waals surface area contributed by atoms with Crippen molar-refractivity contribution in [1.82, 2.24) is 0 Å².